The molecule has 6 rings (SSSR count). The van der Waals surface area contributed by atoms with Gasteiger partial charge in [-0.15, -0.1) is 0 Å². The van der Waals surface area contributed by atoms with Crippen molar-refractivity contribution in [2.75, 3.05) is 0 Å². The standard InChI is InChI=1S/C15H14N2/c1-3-13-8-14-4-2-12-7-10-5-9-6-11(1)16(13)15(9,10)17(12)14/h1-4,9-10H,5-8H2. The van der Waals surface area contributed by atoms with Gasteiger partial charge in [0.1, 0.15) is 5.66 Å². The van der Waals surface area contributed by atoms with Gasteiger partial charge in [-0.2, -0.15) is 0 Å². The van der Waals surface area contributed by atoms with Crippen molar-refractivity contribution in [3.8, 4) is 0 Å². The zero-order valence-corrected chi connectivity index (χ0v) is 9.69. The maximum absolute atomic E-state index is 2.72. The molecule has 0 aromatic carbocycles. The lowest BCUT2D eigenvalue weighted by Crippen LogP contribution is -2.58. The lowest BCUT2D eigenvalue weighted by Gasteiger charge is -2.53. The van der Waals surface area contributed by atoms with Crippen LogP contribution in [0.5, 0.6) is 0 Å². The van der Waals surface area contributed by atoms with Gasteiger partial charge in [-0.25, -0.2) is 0 Å². The fraction of sp³-hybridized carbons (Fsp3) is 0.467. The van der Waals surface area contributed by atoms with Gasteiger partial charge >= 0.3 is 0 Å². The van der Waals surface area contributed by atoms with Crippen molar-refractivity contribution in [3.63, 3.8) is 0 Å². The van der Waals surface area contributed by atoms with Crippen LogP contribution in [-0.4, -0.2) is 9.13 Å². The molecule has 84 valence electrons. The van der Waals surface area contributed by atoms with Crippen LogP contribution in [0.1, 0.15) is 29.2 Å². The monoisotopic (exact) mass is 222 g/mol. The van der Waals surface area contributed by atoms with Crippen molar-refractivity contribution >= 4 is 0 Å². The molecular formula is C15H14N2. The molecule has 2 atom stereocenters. The summed E-state index contributed by atoms with van der Waals surface area (Å²) in [5, 5.41) is 0. The lowest BCUT2D eigenvalue weighted by molar-refractivity contribution is -0.0237. The molecule has 0 radical (unpaired) electrons. The van der Waals surface area contributed by atoms with Gasteiger partial charge < -0.3 is 9.13 Å². The van der Waals surface area contributed by atoms with E-state index in [0.717, 1.165) is 18.3 Å². The molecule has 2 heteroatoms. The highest BCUT2D eigenvalue weighted by Crippen LogP contribution is 2.63. The minimum atomic E-state index is 0.362. The molecule has 17 heavy (non-hydrogen) atoms. The maximum atomic E-state index is 2.72. The first-order valence-corrected chi connectivity index (χ1v) is 6.79. The van der Waals surface area contributed by atoms with Crippen molar-refractivity contribution in [1.82, 2.24) is 9.13 Å². The van der Waals surface area contributed by atoms with Crippen LogP contribution in [0, 0.1) is 11.8 Å². The fourth-order valence-corrected chi connectivity index (χ4v) is 5.42. The highest BCUT2D eigenvalue weighted by molar-refractivity contribution is 5.42. The van der Waals surface area contributed by atoms with Gasteiger partial charge in [0.05, 0.1) is 0 Å². The van der Waals surface area contributed by atoms with Crippen molar-refractivity contribution in [2.45, 2.75) is 31.3 Å². The van der Waals surface area contributed by atoms with Crippen LogP contribution in [0.4, 0.5) is 0 Å². The molecule has 1 saturated carbocycles. The van der Waals surface area contributed by atoms with Crippen LogP contribution in [0.25, 0.3) is 0 Å². The average Bonchev–Trinajstić information content (AvgIpc) is 3.00. The Labute approximate surface area is 99.9 Å². The molecule has 1 aliphatic carbocycles. The van der Waals surface area contributed by atoms with Gasteiger partial charge in [0, 0.05) is 41.0 Å². The van der Waals surface area contributed by atoms with Gasteiger partial charge in [-0.05, 0) is 43.5 Å². The minimum absolute atomic E-state index is 0.362. The van der Waals surface area contributed by atoms with Crippen LogP contribution in [0.2, 0.25) is 0 Å². The molecule has 1 spiro atoms. The van der Waals surface area contributed by atoms with Crippen LogP contribution < -0.4 is 0 Å². The quantitative estimate of drug-likeness (QED) is 0.646. The van der Waals surface area contributed by atoms with E-state index in [0.29, 0.717) is 5.66 Å². The first-order chi connectivity index (χ1) is 8.39. The predicted molar refractivity (Wildman–Crippen MR) is 64.0 cm³/mol. The Kier molecular flexibility index (Phi) is 0.919. The zero-order chi connectivity index (χ0) is 10.8. The van der Waals surface area contributed by atoms with Crippen molar-refractivity contribution in [3.05, 3.63) is 47.0 Å². The summed E-state index contributed by atoms with van der Waals surface area (Å²) in [6.45, 7) is 0. The Balaban J connectivity index is 1.85. The first kappa shape index (κ1) is 7.80. The molecule has 2 aromatic rings. The van der Waals surface area contributed by atoms with E-state index in [1.165, 1.54) is 19.3 Å². The summed E-state index contributed by atoms with van der Waals surface area (Å²) in [7, 11) is 0. The van der Waals surface area contributed by atoms with Crippen molar-refractivity contribution < 1.29 is 0 Å². The van der Waals surface area contributed by atoms with E-state index in [1.54, 1.807) is 22.8 Å². The van der Waals surface area contributed by atoms with E-state index in [9.17, 15) is 0 Å². The highest BCUT2D eigenvalue weighted by atomic mass is 15.4. The summed E-state index contributed by atoms with van der Waals surface area (Å²) in [6.07, 6.45) is 5.21. The van der Waals surface area contributed by atoms with E-state index >= 15 is 0 Å². The molecule has 5 heterocycles. The predicted octanol–water partition coefficient (Wildman–Crippen LogP) is 2.14. The third kappa shape index (κ3) is 0.551. The zero-order valence-electron chi connectivity index (χ0n) is 9.69. The number of nitrogens with zero attached hydrogens (tertiary/aromatic N) is 2. The molecule has 0 bridgehead atoms. The van der Waals surface area contributed by atoms with E-state index < -0.39 is 0 Å². The molecule has 0 amide bonds. The van der Waals surface area contributed by atoms with Gasteiger partial charge in [-0.1, -0.05) is 0 Å². The minimum Gasteiger partial charge on any atom is -0.324 e. The summed E-state index contributed by atoms with van der Waals surface area (Å²) < 4.78 is 5.44. The van der Waals surface area contributed by atoms with Gasteiger partial charge in [0.15, 0.2) is 0 Å². The Morgan fingerprint density at radius 2 is 1.35 bits per heavy atom. The van der Waals surface area contributed by atoms with E-state index in [4.69, 9.17) is 0 Å². The Morgan fingerprint density at radius 3 is 1.94 bits per heavy atom. The van der Waals surface area contributed by atoms with E-state index in [-0.39, 0.29) is 0 Å². The number of aromatic nitrogens is 2. The van der Waals surface area contributed by atoms with Crippen molar-refractivity contribution in [2.24, 2.45) is 11.8 Å². The summed E-state index contributed by atoms with van der Waals surface area (Å²) in [4.78, 5) is 0. The Hall–Kier alpha value is -1.44. The molecule has 0 saturated heterocycles. The second-order valence-corrected chi connectivity index (χ2v) is 6.30. The molecule has 2 aromatic heterocycles. The maximum Gasteiger partial charge on any atom is 0.127 e. The largest absolute Gasteiger partial charge is 0.324 e. The van der Waals surface area contributed by atoms with Gasteiger partial charge in [-0.3, -0.25) is 0 Å². The number of hydrogen-bond acceptors (Lipinski definition) is 0. The van der Waals surface area contributed by atoms with Gasteiger partial charge in [0.25, 0.3) is 0 Å². The fourth-order valence-electron chi connectivity index (χ4n) is 5.42. The normalized spacial score (nSPS) is 37.9. The third-order valence-corrected chi connectivity index (χ3v) is 5.85. The van der Waals surface area contributed by atoms with E-state index in [1.807, 2.05) is 0 Å². The smallest absolute Gasteiger partial charge is 0.127 e. The lowest BCUT2D eigenvalue weighted by atomic mass is 9.64. The molecular weight excluding hydrogens is 208 g/mol. The molecule has 2 unspecified atom stereocenters. The van der Waals surface area contributed by atoms with Crippen LogP contribution in [-0.2, 0) is 24.9 Å². The summed E-state index contributed by atoms with van der Waals surface area (Å²) >= 11 is 0. The topological polar surface area (TPSA) is 9.86 Å². The van der Waals surface area contributed by atoms with Crippen LogP contribution in [0.15, 0.2) is 24.3 Å². The van der Waals surface area contributed by atoms with Crippen molar-refractivity contribution in [1.29, 1.82) is 0 Å². The molecule has 4 aliphatic rings. The highest BCUT2D eigenvalue weighted by Gasteiger charge is 2.66. The summed E-state index contributed by atoms with van der Waals surface area (Å²) in [5.74, 6) is 1.77. The number of hydrogen-bond donors (Lipinski definition) is 0. The van der Waals surface area contributed by atoms with Gasteiger partial charge in [0.2, 0.25) is 0 Å². The molecule has 1 fully saturated rings. The first-order valence-electron chi connectivity index (χ1n) is 6.79. The average molecular weight is 222 g/mol. The van der Waals surface area contributed by atoms with Crippen LogP contribution >= 0.6 is 0 Å². The Morgan fingerprint density at radius 1 is 0.824 bits per heavy atom. The van der Waals surface area contributed by atoms with E-state index in [2.05, 4.69) is 33.4 Å². The Bertz CT molecular complexity index is 630. The third-order valence-electron chi connectivity index (χ3n) is 5.85. The summed E-state index contributed by atoms with van der Waals surface area (Å²) in [6, 6.07) is 9.49. The molecule has 0 N–H and O–H groups in total. The van der Waals surface area contributed by atoms with Crippen LogP contribution in [0.3, 0.4) is 0 Å². The molecule has 2 nitrogen and oxygen atoms in total. The second kappa shape index (κ2) is 2.00. The summed E-state index contributed by atoms with van der Waals surface area (Å²) in [5.41, 5.74) is 6.68. The SMILES string of the molecule is c1cc2n3c1Cc1ccc4n1C31C(C2)CC1C4. The molecule has 3 aliphatic heterocycles. The second-order valence-electron chi connectivity index (χ2n) is 6.30. The number of rotatable bonds is 0.